The van der Waals surface area contributed by atoms with Gasteiger partial charge in [-0.1, -0.05) is 54.6 Å². The second kappa shape index (κ2) is 15.2. The van der Waals surface area contributed by atoms with E-state index in [1.165, 1.54) is 12.5 Å². The van der Waals surface area contributed by atoms with Gasteiger partial charge in [0.15, 0.2) is 0 Å². The number of anilines is 2. The van der Waals surface area contributed by atoms with Crippen molar-refractivity contribution in [3.05, 3.63) is 95.6 Å². The molecule has 0 saturated carbocycles. The number of hydrogen-bond acceptors (Lipinski definition) is 5. The molecular formula is C29H32Cl2N4O2S. The van der Waals surface area contributed by atoms with Crippen molar-refractivity contribution < 1.29 is 9.59 Å². The Labute approximate surface area is 240 Å². The molecule has 0 bridgehead atoms. The topological polar surface area (TPSA) is 73.8 Å². The summed E-state index contributed by atoms with van der Waals surface area (Å²) in [7, 11) is 2.09. The Morgan fingerprint density at radius 1 is 1.00 bits per heavy atom. The van der Waals surface area contributed by atoms with Gasteiger partial charge in [-0.05, 0) is 41.5 Å². The quantitative estimate of drug-likeness (QED) is 0.333. The summed E-state index contributed by atoms with van der Waals surface area (Å²) in [5, 5.41) is 5.40. The van der Waals surface area contributed by atoms with Crippen LogP contribution in [0.25, 0.3) is 6.08 Å². The number of fused-ring (bicyclic) bond motifs is 1. The van der Waals surface area contributed by atoms with E-state index in [0.29, 0.717) is 5.69 Å². The first-order chi connectivity index (χ1) is 17.5. The minimum atomic E-state index is -0.269. The smallest absolute Gasteiger partial charge is 0.243 e. The van der Waals surface area contributed by atoms with E-state index in [-0.39, 0.29) is 43.2 Å². The van der Waals surface area contributed by atoms with Crippen LogP contribution < -0.4 is 15.5 Å². The van der Waals surface area contributed by atoms with Crippen molar-refractivity contribution in [2.24, 2.45) is 4.99 Å². The van der Waals surface area contributed by atoms with Gasteiger partial charge < -0.3 is 15.5 Å². The Bertz CT molecular complexity index is 1300. The van der Waals surface area contributed by atoms with E-state index >= 15 is 0 Å². The molecule has 2 N–H and O–H groups in total. The summed E-state index contributed by atoms with van der Waals surface area (Å²) in [4.78, 5) is 31.6. The highest BCUT2D eigenvalue weighted by Gasteiger charge is 2.14. The summed E-state index contributed by atoms with van der Waals surface area (Å²) in [6.07, 6.45) is 4.13. The standard InChI is InChI=1S/C29H30N4O2S.2ClH/c1-21(34)31-19-29(35)32-24-13-15-28(36-20-22-8-4-3-5-9-22)23(18-24)12-14-26-25-10-6-7-11-27(25)33(2)17-16-30-26;;/h3-15,18H,16-17,19-20H2,1-2H3,(H,31,34)(H,32,35);2*1H. The molecule has 4 rings (SSSR count). The highest BCUT2D eigenvalue weighted by atomic mass is 35.5. The number of carbonyl (C=O) groups is 2. The van der Waals surface area contributed by atoms with Crippen molar-refractivity contribution in [1.82, 2.24) is 5.32 Å². The second-order valence-electron chi connectivity index (χ2n) is 8.52. The Morgan fingerprint density at radius 2 is 1.74 bits per heavy atom. The average Bonchev–Trinajstić information content (AvgIpc) is 3.05. The number of para-hydroxylation sites is 1. The van der Waals surface area contributed by atoms with Crippen LogP contribution in [-0.2, 0) is 15.3 Å². The first-order valence-corrected chi connectivity index (χ1v) is 12.9. The summed E-state index contributed by atoms with van der Waals surface area (Å²) in [6, 6.07) is 24.5. The summed E-state index contributed by atoms with van der Waals surface area (Å²) in [5.74, 6) is 0.330. The molecule has 0 aliphatic carbocycles. The summed E-state index contributed by atoms with van der Waals surface area (Å²) in [5.41, 5.74) is 6.12. The number of rotatable bonds is 8. The number of hydrogen-bond donors (Lipinski definition) is 2. The lowest BCUT2D eigenvalue weighted by atomic mass is 10.1. The normalized spacial score (nSPS) is 12.4. The van der Waals surface area contributed by atoms with Gasteiger partial charge in [0.1, 0.15) is 0 Å². The minimum Gasteiger partial charge on any atom is -0.372 e. The van der Waals surface area contributed by atoms with Crippen molar-refractivity contribution in [2.75, 3.05) is 36.9 Å². The summed E-state index contributed by atoms with van der Waals surface area (Å²) < 4.78 is 0. The molecule has 1 heterocycles. The number of allylic oxidation sites excluding steroid dienone is 1. The second-order valence-corrected chi connectivity index (χ2v) is 9.54. The van der Waals surface area contributed by atoms with Crippen LogP contribution in [0.5, 0.6) is 0 Å². The molecule has 38 heavy (non-hydrogen) atoms. The number of nitrogens with zero attached hydrogens (tertiary/aromatic N) is 2. The van der Waals surface area contributed by atoms with Gasteiger partial charge in [-0.3, -0.25) is 14.6 Å². The number of halogens is 2. The van der Waals surface area contributed by atoms with Crippen molar-refractivity contribution in [1.29, 1.82) is 0 Å². The van der Waals surface area contributed by atoms with Crippen molar-refractivity contribution in [3.8, 4) is 0 Å². The average molecular weight is 572 g/mol. The SMILES string of the molecule is CC(=O)NCC(=O)Nc1ccc(SCc2ccccc2)c(C=CC2=NCCN(C)c3ccccc32)c1.Cl.Cl. The monoisotopic (exact) mass is 570 g/mol. The number of thioether (sulfide) groups is 1. The molecule has 1 aliphatic heterocycles. The van der Waals surface area contributed by atoms with E-state index in [1.807, 2.05) is 48.5 Å². The molecule has 6 nitrogen and oxygen atoms in total. The van der Waals surface area contributed by atoms with Crippen LogP contribution in [0.4, 0.5) is 11.4 Å². The number of benzene rings is 3. The van der Waals surface area contributed by atoms with Crippen molar-refractivity contribution >= 4 is 71.6 Å². The van der Waals surface area contributed by atoms with Crippen LogP contribution in [0.3, 0.4) is 0 Å². The first kappa shape index (κ1) is 31.0. The van der Waals surface area contributed by atoms with Crippen LogP contribution in [0.1, 0.15) is 23.6 Å². The highest BCUT2D eigenvalue weighted by Crippen LogP contribution is 2.30. The van der Waals surface area contributed by atoms with Gasteiger partial charge in [-0.15, -0.1) is 36.6 Å². The van der Waals surface area contributed by atoms with E-state index in [2.05, 4.69) is 59.0 Å². The molecule has 0 spiro atoms. The Kier molecular flexibility index (Phi) is 12.4. The van der Waals surface area contributed by atoms with E-state index in [0.717, 1.165) is 46.3 Å². The maximum absolute atomic E-state index is 12.3. The fourth-order valence-corrected chi connectivity index (χ4v) is 4.87. The molecular weight excluding hydrogens is 539 g/mol. The molecule has 9 heteroatoms. The van der Waals surface area contributed by atoms with E-state index in [4.69, 9.17) is 4.99 Å². The number of aliphatic imine (C=N–C) groups is 1. The van der Waals surface area contributed by atoms with Crippen LogP contribution in [0.15, 0.2) is 88.8 Å². The lowest BCUT2D eigenvalue weighted by Crippen LogP contribution is -2.31. The molecule has 0 radical (unpaired) electrons. The van der Waals surface area contributed by atoms with E-state index in [1.54, 1.807) is 11.8 Å². The zero-order valence-corrected chi connectivity index (χ0v) is 23.8. The molecule has 0 saturated heterocycles. The molecule has 0 aromatic heterocycles. The van der Waals surface area contributed by atoms with Crippen LogP contribution in [0, 0.1) is 0 Å². The fraction of sp³-hybridized carbons (Fsp3) is 0.207. The van der Waals surface area contributed by atoms with Crippen molar-refractivity contribution in [2.45, 2.75) is 17.6 Å². The maximum Gasteiger partial charge on any atom is 0.243 e. The van der Waals surface area contributed by atoms with Gasteiger partial charge in [0.05, 0.1) is 18.8 Å². The predicted molar refractivity (Wildman–Crippen MR) is 164 cm³/mol. The van der Waals surface area contributed by atoms with Gasteiger partial charge in [0.25, 0.3) is 0 Å². The molecule has 0 fully saturated rings. The summed E-state index contributed by atoms with van der Waals surface area (Å²) >= 11 is 1.75. The third kappa shape index (κ3) is 8.65. The van der Waals surface area contributed by atoms with Gasteiger partial charge in [-0.2, -0.15) is 0 Å². The van der Waals surface area contributed by atoms with E-state index < -0.39 is 0 Å². The van der Waals surface area contributed by atoms with Crippen LogP contribution >= 0.6 is 36.6 Å². The van der Waals surface area contributed by atoms with Gasteiger partial charge in [-0.25, -0.2) is 0 Å². The molecule has 3 aromatic carbocycles. The third-order valence-corrected chi connectivity index (χ3v) is 6.92. The lowest BCUT2D eigenvalue weighted by molar-refractivity contribution is -0.122. The van der Waals surface area contributed by atoms with Crippen molar-refractivity contribution in [3.63, 3.8) is 0 Å². The number of carbonyl (C=O) groups excluding carboxylic acids is 2. The zero-order valence-electron chi connectivity index (χ0n) is 21.3. The van der Waals surface area contributed by atoms with Gasteiger partial charge >= 0.3 is 0 Å². The fourth-order valence-electron chi connectivity index (χ4n) is 3.89. The lowest BCUT2D eigenvalue weighted by Gasteiger charge is -2.18. The Hall–Kier alpha value is -3.26. The minimum absolute atomic E-state index is 0. The summed E-state index contributed by atoms with van der Waals surface area (Å²) in [6.45, 7) is 2.91. The Balaban J connectivity index is 0.00000253. The zero-order chi connectivity index (χ0) is 25.3. The van der Waals surface area contributed by atoms with Gasteiger partial charge in [0.2, 0.25) is 11.8 Å². The predicted octanol–water partition coefficient (Wildman–Crippen LogP) is 5.85. The largest absolute Gasteiger partial charge is 0.372 e. The van der Waals surface area contributed by atoms with E-state index in [9.17, 15) is 9.59 Å². The molecule has 0 unspecified atom stereocenters. The number of amides is 2. The molecule has 0 atom stereocenters. The molecule has 1 aliphatic rings. The number of likely N-dealkylation sites (N-methyl/N-ethyl adjacent to an activating group) is 1. The van der Waals surface area contributed by atoms with Gasteiger partial charge in [0, 0.05) is 48.1 Å². The first-order valence-electron chi connectivity index (χ1n) is 11.9. The third-order valence-electron chi connectivity index (χ3n) is 5.76. The number of nitrogens with one attached hydrogen (secondary N) is 2. The number of benzodiazepines with no additional fused rings is 1. The highest BCUT2D eigenvalue weighted by molar-refractivity contribution is 7.98. The Morgan fingerprint density at radius 3 is 2.50 bits per heavy atom. The van der Waals surface area contributed by atoms with Crippen LogP contribution in [0.2, 0.25) is 0 Å². The van der Waals surface area contributed by atoms with Crippen LogP contribution in [-0.4, -0.2) is 44.2 Å². The molecule has 200 valence electrons. The molecule has 3 aromatic rings. The molecule has 2 amide bonds. The maximum atomic E-state index is 12.3.